The van der Waals surface area contributed by atoms with Gasteiger partial charge in [-0.3, -0.25) is 14.3 Å². The zero-order valence-electron chi connectivity index (χ0n) is 18.6. The standard InChI is InChI=1S/C22H29N7O2S2/c1-28-11-15(10-25-28)29(22(32)27-23)14-6-7-17-16(8-14)18(20(31)24-9-12-2-3-12)21(33-17)26-19(30)13-4-5-13/h10-14H,2-9,23H2,1H3,(H,24,31)(H,26,30)(H,27,32)/t14-/m0/s1. The number of nitrogens with zero attached hydrogens (tertiary/aromatic N) is 3. The van der Waals surface area contributed by atoms with Crippen LogP contribution in [0.5, 0.6) is 0 Å². The SMILES string of the molecule is Cn1cc(N(C(=S)NN)[C@H]2CCc3sc(NC(=O)C4CC4)c(C(=O)NCC4CC4)c3C2)cn1. The summed E-state index contributed by atoms with van der Waals surface area (Å²) in [6.45, 7) is 0.686. The van der Waals surface area contributed by atoms with Crippen molar-refractivity contribution in [1.29, 1.82) is 0 Å². The maximum atomic E-state index is 13.3. The number of carbonyl (C=O) groups is 2. The summed E-state index contributed by atoms with van der Waals surface area (Å²) in [6.07, 6.45) is 10.1. The molecule has 0 saturated heterocycles. The van der Waals surface area contributed by atoms with Crippen LogP contribution in [0.15, 0.2) is 12.4 Å². The van der Waals surface area contributed by atoms with E-state index < -0.39 is 0 Å². The number of hydrazine groups is 1. The Kier molecular flexibility index (Phi) is 6.11. The lowest BCUT2D eigenvalue weighted by molar-refractivity contribution is -0.117. The third-order valence-corrected chi connectivity index (χ3v) is 8.09. The highest BCUT2D eigenvalue weighted by molar-refractivity contribution is 7.80. The van der Waals surface area contributed by atoms with Gasteiger partial charge in [-0.2, -0.15) is 5.10 Å². The maximum absolute atomic E-state index is 13.3. The van der Waals surface area contributed by atoms with Crippen LogP contribution < -0.4 is 26.8 Å². The number of aryl methyl sites for hydroxylation is 2. The third kappa shape index (κ3) is 4.75. The van der Waals surface area contributed by atoms with Crippen LogP contribution in [0.1, 0.15) is 52.9 Å². The van der Waals surface area contributed by atoms with Gasteiger partial charge in [0.25, 0.3) is 5.91 Å². The van der Waals surface area contributed by atoms with Crippen LogP contribution >= 0.6 is 23.6 Å². The van der Waals surface area contributed by atoms with Gasteiger partial charge in [0.2, 0.25) is 5.91 Å². The van der Waals surface area contributed by atoms with E-state index in [1.165, 1.54) is 12.8 Å². The molecule has 1 atom stereocenters. The third-order valence-electron chi connectivity index (χ3n) is 6.57. The Morgan fingerprint density at radius 1 is 1.30 bits per heavy atom. The first-order chi connectivity index (χ1) is 15.9. The van der Waals surface area contributed by atoms with Crippen molar-refractivity contribution in [2.45, 2.75) is 51.0 Å². The maximum Gasteiger partial charge on any atom is 0.254 e. The Morgan fingerprint density at radius 3 is 2.73 bits per heavy atom. The highest BCUT2D eigenvalue weighted by Crippen LogP contribution is 2.41. The number of thiophene rings is 1. The minimum Gasteiger partial charge on any atom is -0.352 e. The minimum absolute atomic E-state index is 0.0156. The van der Waals surface area contributed by atoms with Crippen LogP contribution in [-0.2, 0) is 24.7 Å². The van der Waals surface area contributed by atoms with Gasteiger partial charge in [-0.05, 0) is 68.6 Å². The molecule has 3 aliphatic carbocycles. The van der Waals surface area contributed by atoms with E-state index in [2.05, 4.69) is 21.2 Å². The van der Waals surface area contributed by atoms with Gasteiger partial charge < -0.3 is 21.0 Å². The number of nitrogens with one attached hydrogen (secondary N) is 3. The second-order valence-corrected chi connectivity index (χ2v) is 10.7. The van der Waals surface area contributed by atoms with Crippen molar-refractivity contribution in [2.24, 2.45) is 24.7 Å². The predicted octanol–water partition coefficient (Wildman–Crippen LogP) is 2.08. The fourth-order valence-corrected chi connectivity index (χ4v) is 5.92. The molecule has 5 rings (SSSR count). The van der Waals surface area contributed by atoms with Crippen molar-refractivity contribution in [3.05, 3.63) is 28.4 Å². The molecule has 0 bridgehead atoms. The van der Waals surface area contributed by atoms with E-state index in [1.54, 1.807) is 22.2 Å². The molecule has 0 spiro atoms. The fourth-order valence-electron chi connectivity index (χ4n) is 4.42. The smallest absolute Gasteiger partial charge is 0.254 e. The Balaban J connectivity index is 1.45. The van der Waals surface area contributed by atoms with Crippen molar-refractivity contribution in [3.63, 3.8) is 0 Å². The van der Waals surface area contributed by atoms with E-state index in [0.29, 0.717) is 34.6 Å². The van der Waals surface area contributed by atoms with Gasteiger partial charge in [0.15, 0.2) is 5.11 Å². The molecule has 2 saturated carbocycles. The zero-order chi connectivity index (χ0) is 23.1. The Labute approximate surface area is 202 Å². The summed E-state index contributed by atoms with van der Waals surface area (Å²) in [5.41, 5.74) is 5.08. The zero-order valence-corrected chi connectivity index (χ0v) is 20.2. The van der Waals surface area contributed by atoms with Crippen LogP contribution in [0.4, 0.5) is 10.7 Å². The highest BCUT2D eigenvalue weighted by atomic mass is 32.1. The highest BCUT2D eigenvalue weighted by Gasteiger charge is 2.36. The summed E-state index contributed by atoms with van der Waals surface area (Å²) in [4.78, 5) is 29.0. The number of carbonyl (C=O) groups excluding carboxylic acids is 2. The summed E-state index contributed by atoms with van der Waals surface area (Å²) in [7, 11) is 1.86. The number of hydrogen-bond acceptors (Lipinski definition) is 6. The van der Waals surface area contributed by atoms with Gasteiger partial charge in [-0.25, -0.2) is 5.84 Å². The monoisotopic (exact) mass is 487 g/mol. The van der Waals surface area contributed by atoms with E-state index in [0.717, 1.165) is 41.8 Å². The number of hydrogen-bond donors (Lipinski definition) is 4. The summed E-state index contributed by atoms with van der Waals surface area (Å²) in [5, 5.41) is 11.5. The van der Waals surface area contributed by atoms with Crippen LogP contribution in [-0.4, -0.2) is 39.3 Å². The molecule has 0 aromatic carbocycles. The average molecular weight is 488 g/mol. The lowest BCUT2D eigenvalue weighted by atomic mass is 9.90. The van der Waals surface area contributed by atoms with Gasteiger partial charge in [0.05, 0.1) is 17.4 Å². The first-order valence-electron chi connectivity index (χ1n) is 11.5. The fraction of sp³-hybridized carbons (Fsp3) is 0.545. The molecule has 33 heavy (non-hydrogen) atoms. The molecular formula is C22H29N7O2S2. The molecule has 9 nitrogen and oxygen atoms in total. The van der Waals surface area contributed by atoms with Crippen molar-refractivity contribution in [2.75, 3.05) is 16.8 Å². The van der Waals surface area contributed by atoms with E-state index in [-0.39, 0.29) is 23.8 Å². The molecule has 2 heterocycles. The molecule has 11 heteroatoms. The average Bonchev–Trinajstić information content (AvgIpc) is 3.73. The van der Waals surface area contributed by atoms with Crippen LogP contribution in [0.2, 0.25) is 0 Å². The summed E-state index contributed by atoms with van der Waals surface area (Å²) in [5.74, 6) is 6.27. The van der Waals surface area contributed by atoms with Gasteiger partial charge in [-0.15, -0.1) is 11.3 Å². The summed E-state index contributed by atoms with van der Waals surface area (Å²) in [6, 6.07) is 0.0156. The molecular weight excluding hydrogens is 458 g/mol. The van der Waals surface area contributed by atoms with Crippen molar-refractivity contribution >= 4 is 51.2 Å². The molecule has 2 amide bonds. The van der Waals surface area contributed by atoms with E-state index in [1.807, 2.05) is 18.1 Å². The Morgan fingerprint density at radius 2 is 2.09 bits per heavy atom. The lowest BCUT2D eigenvalue weighted by Gasteiger charge is -2.35. The Hall–Kier alpha value is -2.50. The quantitative estimate of drug-likeness (QED) is 0.268. The molecule has 0 aliphatic heterocycles. The molecule has 0 radical (unpaired) electrons. The number of fused-ring (bicyclic) bond motifs is 1. The number of thiocarbonyl (C=S) groups is 1. The largest absolute Gasteiger partial charge is 0.352 e. The summed E-state index contributed by atoms with van der Waals surface area (Å²) >= 11 is 7.07. The van der Waals surface area contributed by atoms with Gasteiger partial charge in [0, 0.05) is 36.6 Å². The van der Waals surface area contributed by atoms with Gasteiger partial charge >= 0.3 is 0 Å². The first kappa shape index (κ1) is 22.3. The minimum atomic E-state index is -0.0985. The number of aromatic nitrogens is 2. The van der Waals surface area contributed by atoms with Crippen LogP contribution in [0, 0.1) is 11.8 Å². The number of anilines is 2. The molecule has 2 aromatic rings. The predicted molar refractivity (Wildman–Crippen MR) is 132 cm³/mol. The van der Waals surface area contributed by atoms with Crippen molar-refractivity contribution in [3.8, 4) is 0 Å². The van der Waals surface area contributed by atoms with E-state index in [4.69, 9.17) is 18.1 Å². The first-order valence-corrected chi connectivity index (χ1v) is 12.7. The van der Waals surface area contributed by atoms with E-state index >= 15 is 0 Å². The number of amides is 2. The second kappa shape index (κ2) is 9.03. The topological polar surface area (TPSA) is 117 Å². The number of rotatable bonds is 7. The van der Waals surface area contributed by atoms with Crippen LogP contribution in [0.3, 0.4) is 0 Å². The molecule has 5 N–H and O–H groups in total. The van der Waals surface area contributed by atoms with Crippen molar-refractivity contribution in [1.82, 2.24) is 20.5 Å². The van der Waals surface area contributed by atoms with Crippen molar-refractivity contribution < 1.29 is 9.59 Å². The lowest BCUT2D eigenvalue weighted by Crippen LogP contribution is -2.50. The Bertz CT molecular complexity index is 1090. The molecule has 0 unspecified atom stereocenters. The van der Waals surface area contributed by atoms with Gasteiger partial charge in [0.1, 0.15) is 5.00 Å². The second-order valence-electron chi connectivity index (χ2n) is 9.21. The van der Waals surface area contributed by atoms with E-state index in [9.17, 15) is 9.59 Å². The summed E-state index contributed by atoms with van der Waals surface area (Å²) < 4.78 is 1.72. The normalized spacial score (nSPS) is 19.5. The molecule has 2 fully saturated rings. The van der Waals surface area contributed by atoms with Gasteiger partial charge in [-0.1, -0.05) is 0 Å². The number of nitrogens with two attached hydrogens (primary N) is 1. The molecule has 2 aromatic heterocycles. The molecule has 3 aliphatic rings. The molecule has 176 valence electrons. The van der Waals surface area contributed by atoms with Crippen LogP contribution in [0.25, 0.3) is 0 Å².